The number of ether oxygens (including phenoxy) is 6. The highest BCUT2D eigenvalue weighted by molar-refractivity contribution is 6.39. The van der Waals surface area contributed by atoms with E-state index in [-0.39, 0.29) is 61.2 Å². The van der Waals surface area contributed by atoms with Crippen molar-refractivity contribution in [2.24, 2.45) is 35.5 Å². The predicted octanol–water partition coefficient (Wildman–Crippen LogP) is 6.98. The number of carbonyl (C=O) groups is 5. The van der Waals surface area contributed by atoms with E-state index in [1.165, 1.54) is 12.0 Å². The number of amides is 1. The van der Waals surface area contributed by atoms with Crippen LogP contribution in [-0.2, 0) is 52.4 Å². The summed E-state index contributed by atoms with van der Waals surface area (Å²) in [6.45, 7) is 16.1. The Kier molecular flexibility index (Phi) is 24.3. The van der Waals surface area contributed by atoms with Crippen LogP contribution in [0, 0.1) is 35.5 Å². The molecule has 3 aliphatic heterocycles. The highest BCUT2D eigenvalue weighted by Gasteiger charge is 2.53. The first-order chi connectivity index (χ1) is 33.2. The minimum atomic E-state index is -2.46. The molecule has 15 heteroatoms. The number of methoxy groups -OCH3 is 2. The third-order valence-corrected chi connectivity index (χ3v) is 15.1. The van der Waals surface area contributed by atoms with Gasteiger partial charge in [0.25, 0.3) is 11.7 Å². The SMILES string of the molecule is CCCOCCOC1C[C@@H]2CC[C@@H](C)[C@@](O)(O2)C(=O)C(=O)N2CCCC[C@H]2C(=O)O[C@H]([C@H](C)C[C@@H]2CC[C@@H](O)[C@H](OC)C2)CC(=O)[C@H](C)/C=C(\C)[C@@H](O)C(OC)C(=O)[C@H](C)C[C@H](C)/C=C/C=C/C=C/1C. The van der Waals surface area contributed by atoms with Crippen molar-refractivity contribution in [2.45, 2.75) is 193 Å². The average Bonchev–Trinajstić information content (AvgIpc) is 3.33. The maximum Gasteiger partial charge on any atom is 0.329 e. The van der Waals surface area contributed by atoms with Gasteiger partial charge in [-0.05, 0) is 113 Å². The van der Waals surface area contributed by atoms with Crippen LogP contribution in [-0.4, -0.2) is 145 Å². The summed E-state index contributed by atoms with van der Waals surface area (Å²) in [5.74, 6) is -8.09. The molecule has 2 unspecified atom stereocenters. The number of cyclic esters (lactones) is 1. The van der Waals surface area contributed by atoms with Gasteiger partial charge < -0.3 is 48.6 Å². The van der Waals surface area contributed by atoms with Gasteiger partial charge in [0.15, 0.2) is 5.78 Å². The fourth-order valence-corrected chi connectivity index (χ4v) is 10.5. The van der Waals surface area contributed by atoms with E-state index in [9.17, 15) is 39.3 Å². The third-order valence-electron chi connectivity index (χ3n) is 15.1. The van der Waals surface area contributed by atoms with Crippen LogP contribution in [0.1, 0.15) is 139 Å². The molecular formula is C55H87NO14. The predicted molar refractivity (Wildman–Crippen MR) is 265 cm³/mol. The second kappa shape index (κ2) is 28.7. The molecule has 3 heterocycles. The molecule has 1 amide bonds. The van der Waals surface area contributed by atoms with Gasteiger partial charge in [-0.15, -0.1) is 0 Å². The van der Waals surface area contributed by atoms with E-state index in [2.05, 4.69) is 0 Å². The number of hydrogen-bond acceptors (Lipinski definition) is 14. The molecule has 70 heavy (non-hydrogen) atoms. The van der Waals surface area contributed by atoms with Gasteiger partial charge in [0.1, 0.15) is 30.1 Å². The maximum absolute atomic E-state index is 14.5. The second-order valence-electron chi connectivity index (χ2n) is 20.8. The third kappa shape index (κ3) is 16.6. The van der Waals surface area contributed by atoms with Gasteiger partial charge in [-0.2, -0.15) is 0 Å². The smallest absolute Gasteiger partial charge is 0.329 e. The quantitative estimate of drug-likeness (QED) is 0.0828. The van der Waals surface area contributed by atoms with Crippen molar-refractivity contribution < 1.29 is 67.7 Å². The monoisotopic (exact) mass is 986 g/mol. The molecule has 2 bridgehead atoms. The standard InChI is InChI=1S/C55H87NO14/c1-11-25-67-26-27-68-46-32-42-22-20-40(8)55(64,70-42)52(61)53(62)56-24-16-15-19-43(56)54(63)69-47(37(5)30-41-21-23-44(57)48(31-41)65-9)33-45(58)36(4)29-39(7)50(60)51(66-10)49(59)38(6)28-34(2)17-13-12-14-18-35(46)3/h12-14,17-18,29,34,36-38,40-44,46-48,50-51,57,60,64H,11,15-16,19-28,30-33H2,1-10H3/b14-12+,17-13+,35-18+,39-29+/t34-,36-,37-,38-,40-,41+,42+,43+,44-,46?,47+,48-,50-,51?,55-/m1/s1. The van der Waals surface area contributed by atoms with Crippen molar-refractivity contribution in [3.8, 4) is 0 Å². The average molecular weight is 986 g/mol. The zero-order valence-electron chi connectivity index (χ0n) is 43.8. The summed E-state index contributed by atoms with van der Waals surface area (Å²) in [6.07, 6.45) is 11.8. The first-order valence-corrected chi connectivity index (χ1v) is 26.1. The number of aliphatic hydroxyl groups is 3. The van der Waals surface area contributed by atoms with Gasteiger partial charge in [-0.1, -0.05) is 78.0 Å². The van der Waals surface area contributed by atoms with Crippen LogP contribution >= 0.6 is 0 Å². The van der Waals surface area contributed by atoms with E-state index < -0.39 is 83.9 Å². The van der Waals surface area contributed by atoms with E-state index in [1.807, 2.05) is 65.0 Å². The van der Waals surface area contributed by atoms with Crippen LogP contribution in [0.5, 0.6) is 0 Å². The Hall–Kier alpha value is -3.41. The Morgan fingerprint density at radius 3 is 2.30 bits per heavy atom. The second-order valence-corrected chi connectivity index (χ2v) is 20.8. The van der Waals surface area contributed by atoms with Crippen molar-refractivity contribution in [1.82, 2.24) is 4.90 Å². The number of nitrogens with zero attached hydrogens (tertiary/aromatic N) is 1. The van der Waals surface area contributed by atoms with Crippen LogP contribution in [0.3, 0.4) is 0 Å². The van der Waals surface area contributed by atoms with Gasteiger partial charge >= 0.3 is 5.97 Å². The maximum atomic E-state index is 14.5. The normalized spacial score (nSPS) is 38.4. The molecule has 1 aliphatic carbocycles. The molecule has 3 fully saturated rings. The summed E-state index contributed by atoms with van der Waals surface area (Å²) in [5.41, 5.74) is 1.25. The Morgan fingerprint density at radius 1 is 0.857 bits per heavy atom. The number of allylic oxidation sites excluding steroid dienone is 6. The van der Waals surface area contributed by atoms with E-state index >= 15 is 0 Å². The topological polar surface area (TPSA) is 205 Å². The summed E-state index contributed by atoms with van der Waals surface area (Å²) in [5, 5.41) is 34.1. The van der Waals surface area contributed by atoms with Crippen molar-refractivity contribution in [3.63, 3.8) is 0 Å². The Balaban J connectivity index is 1.71. The van der Waals surface area contributed by atoms with Gasteiger partial charge in [0, 0.05) is 58.0 Å². The van der Waals surface area contributed by atoms with Crippen LogP contribution in [0.2, 0.25) is 0 Å². The van der Waals surface area contributed by atoms with Crippen LogP contribution in [0.4, 0.5) is 0 Å². The first kappa shape index (κ1) is 59.2. The van der Waals surface area contributed by atoms with E-state index in [0.29, 0.717) is 76.8 Å². The lowest BCUT2D eigenvalue weighted by atomic mass is 9.78. The van der Waals surface area contributed by atoms with E-state index in [4.69, 9.17) is 28.4 Å². The molecule has 4 rings (SSSR count). The molecule has 15 atom stereocenters. The first-order valence-electron chi connectivity index (χ1n) is 26.1. The lowest BCUT2D eigenvalue weighted by molar-refractivity contribution is -0.266. The molecule has 4 aliphatic rings. The van der Waals surface area contributed by atoms with E-state index in [0.717, 1.165) is 18.4 Å². The van der Waals surface area contributed by atoms with Crippen molar-refractivity contribution in [3.05, 3.63) is 47.6 Å². The van der Waals surface area contributed by atoms with Crippen LogP contribution < -0.4 is 0 Å². The molecule has 0 radical (unpaired) electrons. The minimum absolute atomic E-state index is 0.00309. The molecule has 15 nitrogen and oxygen atoms in total. The summed E-state index contributed by atoms with van der Waals surface area (Å²) in [6, 6.07) is -1.15. The zero-order chi connectivity index (χ0) is 51.7. The number of rotatable bonds is 11. The largest absolute Gasteiger partial charge is 0.460 e. The molecule has 1 saturated carbocycles. The number of piperidine rings is 1. The number of fused-ring (bicyclic) bond motifs is 3. The molecule has 0 aromatic heterocycles. The fourth-order valence-electron chi connectivity index (χ4n) is 10.5. The van der Waals surface area contributed by atoms with Gasteiger partial charge in [0.05, 0.1) is 37.6 Å². The summed E-state index contributed by atoms with van der Waals surface area (Å²) in [7, 11) is 2.95. The number of Topliss-reactive ketones (excluding diaryl/α,β-unsaturated/α-hetero) is 3. The molecule has 0 aromatic rings. The summed E-state index contributed by atoms with van der Waals surface area (Å²) >= 11 is 0. The molecule has 0 aromatic carbocycles. The van der Waals surface area contributed by atoms with E-state index in [1.54, 1.807) is 34.0 Å². The molecular weight excluding hydrogens is 899 g/mol. The fraction of sp³-hybridized carbons (Fsp3) is 0.764. The minimum Gasteiger partial charge on any atom is -0.460 e. The van der Waals surface area contributed by atoms with Gasteiger partial charge in [0.2, 0.25) is 5.79 Å². The Bertz CT molecular complexity index is 1840. The highest BCUT2D eigenvalue weighted by atomic mass is 16.6. The van der Waals surface area contributed by atoms with Crippen LogP contribution in [0.15, 0.2) is 47.6 Å². The van der Waals surface area contributed by atoms with Crippen LogP contribution in [0.25, 0.3) is 0 Å². The van der Waals surface area contributed by atoms with Crippen molar-refractivity contribution in [1.29, 1.82) is 0 Å². The number of ketones is 3. The van der Waals surface area contributed by atoms with Crippen molar-refractivity contribution in [2.75, 3.05) is 40.6 Å². The lowest BCUT2D eigenvalue weighted by Gasteiger charge is -2.43. The number of hydrogen-bond donors (Lipinski definition) is 3. The summed E-state index contributed by atoms with van der Waals surface area (Å²) < 4.78 is 35.7. The lowest BCUT2D eigenvalue weighted by Crippen LogP contribution is -2.61. The molecule has 0 spiro atoms. The van der Waals surface area contributed by atoms with Gasteiger partial charge in [-0.25, -0.2) is 4.79 Å². The number of esters is 1. The zero-order valence-corrected chi connectivity index (χ0v) is 43.8. The van der Waals surface area contributed by atoms with Crippen molar-refractivity contribution >= 4 is 29.2 Å². The number of aliphatic hydroxyl groups excluding tert-OH is 2. The van der Waals surface area contributed by atoms with Gasteiger partial charge in [-0.3, -0.25) is 19.2 Å². The number of carbonyl (C=O) groups excluding carboxylic acids is 5. The molecule has 2 saturated heterocycles. The molecule has 3 N–H and O–H groups in total. The Labute approximate surface area is 417 Å². The highest BCUT2D eigenvalue weighted by Crippen LogP contribution is 2.38. The molecule has 396 valence electrons. The Morgan fingerprint density at radius 2 is 1.60 bits per heavy atom. The summed E-state index contributed by atoms with van der Waals surface area (Å²) in [4.78, 5) is 72.4.